The summed E-state index contributed by atoms with van der Waals surface area (Å²) < 4.78 is 14.1. The van der Waals surface area contributed by atoms with Gasteiger partial charge in [-0.25, -0.2) is 14.4 Å². The van der Waals surface area contributed by atoms with Gasteiger partial charge < -0.3 is 9.80 Å². The number of aryl methyl sites for hydroxylation is 1. The standard InChI is InChI=1S/C23H26FN5S/c1-17-7-13-30-22(17)16-27-8-6-20-18(15-27)14-25-23(26-20)29-11-9-28(10-12-29)21-5-3-2-4-19(21)24/h2-5,7,13-14H,6,8-12,15-16H2,1H3. The van der Waals surface area contributed by atoms with E-state index in [0.29, 0.717) is 5.69 Å². The summed E-state index contributed by atoms with van der Waals surface area (Å²) in [6, 6.07) is 9.19. The van der Waals surface area contributed by atoms with Crippen molar-refractivity contribution in [2.75, 3.05) is 42.5 Å². The molecule has 1 fully saturated rings. The normalized spacial score (nSPS) is 17.3. The highest BCUT2D eigenvalue weighted by atomic mass is 32.1. The van der Waals surface area contributed by atoms with Gasteiger partial charge in [0.25, 0.3) is 0 Å². The third kappa shape index (κ3) is 3.91. The van der Waals surface area contributed by atoms with E-state index in [1.165, 1.54) is 27.8 Å². The first-order valence-electron chi connectivity index (χ1n) is 10.5. The van der Waals surface area contributed by atoms with E-state index in [1.54, 1.807) is 6.07 Å². The van der Waals surface area contributed by atoms with Gasteiger partial charge in [0.15, 0.2) is 0 Å². The SMILES string of the molecule is Cc1ccsc1CN1CCc2nc(N3CCN(c4ccccc4F)CC3)ncc2C1. The highest BCUT2D eigenvalue weighted by Gasteiger charge is 2.24. The molecule has 156 valence electrons. The molecule has 3 aromatic rings. The van der Waals surface area contributed by atoms with Crippen LogP contribution in [-0.4, -0.2) is 47.6 Å². The van der Waals surface area contributed by atoms with Crippen LogP contribution >= 0.6 is 11.3 Å². The lowest BCUT2D eigenvalue weighted by Gasteiger charge is -2.36. The molecule has 0 radical (unpaired) electrons. The lowest BCUT2D eigenvalue weighted by atomic mass is 10.1. The summed E-state index contributed by atoms with van der Waals surface area (Å²) >= 11 is 1.84. The average molecular weight is 424 g/mol. The third-order valence-electron chi connectivity index (χ3n) is 6.09. The van der Waals surface area contributed by atoms with Crippen molar-refractivity contribution in [3.63, 3.8) is 0 Å². The summed E-state index contributed by atoms with van der Waals surface area (Å²) in [5.74, 6) is 0.655. The Morgan fingerprint density at radius 1 is 1.03 bits per heavy atom. The van der Waals surface area contributed by atoms with Gasteiger partial charge in [-0.2, -0.15) is 0 Å². The van der Waals surface area contributed by atoms with Crippen LogP contribution in [0.2, 0.25) is 0 Å². The number of para-hydroxylation sites is 1. The van der Waals surface area contributed by atoms with E-state index in [2.05, 4.69) is 38.1 Å². The van der Waals surface area contributed by atoms with Gasteiger partial charge >= 0.3 is 0 Å². The number of aromatic nitrogens is 2. The first-order chi connectivity index (χ1) is 14.7. The lowest BCUT2D eigenvalue weighted by molar-refractivity contribution is 0.244. The molecule has 7 heteroatoms. The van der Waals surface area contributed by atoms with E-state index < -0.39 is 0 Å². The quantitative estimate of drug-likeness (QED) is 0.637. The Morgan fingerprint density at radius 2 is 1.83 bits per heavy atom. The minimum atomic E-state index is -0.154. The van der Waals surface area contributed by atoms with Gasteiger partial charge in [0.2, 0.25) is 5.95 Å². The Hall–Kier alpha value is -2.51. The molecule has 30 heavy (non-hydrogen) atoms. The van der Waals surface area contributed by atoms with Crippen molar-refractivity contribution in [1.82, 2.24) is 14.9 Å². The summed E-state index contributed by atoms with van der Waals surface area (Å²) in [6.45, 7) is 8.28. The number of anilines is 2. The molecule has 0 aliphatic carbocycles. The summed E-state index contributed by atoms with van der Waals surface area (Å²) in [7, 11) is 0. The van der Waals surface area contributed by atoms with Crippen LogP contribution in [0, 0.1) is 12.7 Å². The molecule has 0 unspecified atom stereocenters. The van der Waals surface area contributed by atoms with Crippen LogP contribution in [0.25, 0.3) is 0 Å². The molecular formula is C23H26FN5S. The molecule has 0 atom stereocenters. The van der Waals surface area contributed by atoms with Gasteiger partial charge in [0, 0.05) is 68.9 Å². The molecule has 1 saturated heterocycles. The number of benzene rings is 1. The van der Waals surface area contributed by atoms with E-state index in [0.717, 1.165) is 58.2 Å². The van der Waals surface area contributed by atoms with Gasteiger partial charge in [-0.15, -0.1) is 11.3 Å². The highest BCUT2D eigenvalue weighted by Crippen LogP contribution is 2.25. The number of piperazine rings is 1. The van der Waals surface area contributed by atoms with Crippen LogP contribution in [0.4, 0.5) is 16.0 Å². The summed E-state index contributed by atoms with van der Waals surface area (Å²) in [5, 5.41) is 2.17. The predicted molar refractivity (Wildman–Crippen MR) is 120 cm³/mol. The van der Waals surface area contributed by atoms with Crippen LogP contribution in [0.15, 0.2) is 41.9 Å². The Balaban J connectivity index is 1.23. The number of hydrogen-bond donors (Lipinski definition) is 0. The molecule has 0 amide bonds. The molecule has 0 spiro atoms. The molecule has 2 aliphatic rings. The first-order valence-corrected chi connectivity index (χ1v) is 11.4. The maximum atomic E-state index is 14.1. The molecule has 2 aromatic heterocycles. The van der Waals surface area contributed by atoms with Crippen LogP contribution in [0.5, 0.6) is 0 Å². The lowest BCUT2D eigenvalue weighted by Crippen LogP contribution is -2.47. The zero-order chi connectivity index (χ0) is 20.5. The predicted octanol–water partition coefficient (Wildman–Crippen LogP) is 3.87. The molecule has 4 heterocycles. The first kappa shape index (κ1) is 19.5. The zero-order valence-electron chi connectivity index (χ0n) is 17.2. The number of rotatable bonds is 4. The van der Waals surface area contributed by atoms with Gasteiger partial charge in [0.05, 0.1) is 11.4 Å². The molecule has 0 bridgehead atoms. The largest absolute Gasteiger partial charge is 0.366 e. The van der Waals surface area contributed by atoms with Crippen LogP contribution in [-0.2, 0) is 19.5 Å². The van der Waals surface area contributed by atoms with Crippen molar-refractivity contribution in [2.45, 2.75) is 26.4 Å². The number of hydrogen-bond acceptors (Lipinski definition) is 6. The Kier molecular flexibility index (Phi) is 5.39. The summed E-state index contributed by atoms with van der Waals surface area (Å²) in [5.41, 5.74) is 4.48. The third-order valence-corrected chi connectivity index (χ3v) is 7.10. The van der Waals surface area contributed by atoms with Gasteiger partial charge in [-0.1, -0.05) is 12.1 Å². The number of thiophene rings is 1. The maximum Gasteiger partial charge on any atom is 0.225 e. The fourth-order valence-electron chi connectivity index (χ4n) is 4.28. The fourth-order valence-corrected chi connectivity index (χ4v) is 5.22. The van der Waals surface area contributed by atoms with Crippen molar-refractivity contribution in [2.24, 2.45) is 0 Å². The molecule has 5 rings (SSSR count). The molecule has 2 aliphatic heterocycles. The van der Waals surface area contributed by atoms with Crippen molar-refractivity contribution >= 4 is 23.0 Å². The van der Waals surface area contributed by atoms with Crippen LogP contribution in [0.1, 0.15) is 21.7 Å². The van der Waals surface area contributed by atoms with E-state index >= 15 is 0 Å². The molecule has 0 saturated carbocycles. The zero-order valence-corrected chi connectivity index (χ0v) is 18.0. The topological polar surface area (TPSA) is 35.5 Å². The van der Waals surface area contributed by atoms with Crippen molar-refractivity contribution in [3.05, 3.63) is 69.4 Å². The monoisotopic (exact) mass is 423 g/mol. The van der Waals surface area contributed by atoms with Crippen molar-refractivity contribution in [1.29, 1.82) is 0 Å². The fraction of sp³-hybridized carbons (Fsp3) is 0.391. The number of fused-ring (bicyclic) bond motifs is 1. The highest BCUT2D eigenvalue weighted by molar-refractivity contribution is 7.10. The van der Waals surface area contributed by atoms with Crippen molar-refractivity contribution < 1.29 is 4.39 Å². The van der Waals surface area contributed by atoms with Gasteiger partial charge in [0.1, 0.15) is 5.82 Å². The molecule has 5 nitrogen and oxygen atoms in total. The smallest absolute Gasteiger partial charge is 0.225 e. The van der Waals surface area contributed by atoms with E-state index in [9.17, 15) is 4.39 Å². The van der Waals surface area contributed by atoms with E-state index in [1.807, 2.05) is 29.7 Å². The Morgan fingerprint density at radius 3 is 2.60 bits per heavy atom. The minimum Gasteiger partial charge on any atom is -0.366 e. The van der Waals surface area contributed by atoms with Crippen LogP contribution in [0.3, 0.4) is 0 Å². The second-order valence-corrected chi connectivity index (χ2v) is 9.06. The van der Waals surface area contributed by atoms with Crippen molar-refractivity contribution in [3.8, 4) is 0 Å². The van der Waals surface area contributed by atoms with E-state index in [4.69, 9.17) is 4.98 Å². The second-order valence-electron chi connectivity index (χ2n) is 8.05. The number of nitrogens with zero attached hydrogens (tertiary/aromatic N) is 5. The van der Waals surface area contributed by atoms with E-state index in [-0.39, 0.29) is 5.82 Å². The molecular weight excluding hydrogens is 397 g/mol. The number of halogens is 1. The average Bonchev–Trinajstić information content (AvgIpc) is 3.18. The Bertz CT molecular complexity index is 1030. The summed E-state index contributed by atoms with van der Waals surface area (Å²) in [6.07, 6.45) is 2.97. The van der Waals surface area contributed by atoms with Crippen LogP contribution < -0.4 is 9.80 Å². The minimum absolute atomic E-state index is 0.154. The Labute approximate surface area is 180 Å². The molecule has 1 aromatic carbocycles. The van der Waals surface area contributed by atoms with Gasteiger partial charge in [-0.3, -0.25) is 4.90 Å². The maximum absolute atomic E-state index is 14.1. The second kappa shape index (κ2) is 8.32. The van der Waals surface area contributed by atoms with Gasteiger partial charge in [-0.05, 0) is 36.1 Å². The summed E-state index contributed by atoms with van der Waals surface area (Å²) in [4.78, 5) is 17.8. The molecule has 0 N–H and O–H groups in total.